The lowest BCUT2D eigenvalue weighted by atomic mass is 10.2. The van der Waals surface area contributed by atoms with Gasteiger partial charge in [-0.15, -0.1) is 0 Å². The van der Waals surface area contributed by atoms with Crippen LogP contribution in [0.25, 0.3) is 0 Å². The molecular formula is C17H20N2O6S2. The third kappa shape index (κ3) is 7.43. The molecule has 1 aromatic rings. The van der Waals surface area contributed by atoms with E-state index in [1.807, 2.05) is 0 Å². The minimum Gasteiger partial charge on any atom is -0.480 e. The largest absolute Gasteiger partial charge is 0.480 e. The lowest BCUT2D eigenvalue weighted by Gasteiger charge is -2.25. The van der Waals surface area contributed by atoms with Crippen molar-refractivity contribution in [1.29, 1.82) is 0 Å². The van der Waals surface area contributed by atoms with Crippen LogP contribution < -0.4 is 5.32 Å². The molecule has 0 radical (unpaired) electrons. The number of thioether (sulfide) groups is 1. The van der Waals surface area contributed by atoms with Gasteiger partial charge < -0.3 is 10.4 Å². The van der Waals surface area contributed by atoms with Gasteiger partial charge in [0, 0.05) is 37.1 Å². The SMILES string of the molecule is CC(=O)N[C@@H](CSC(=O)[C@H](C)N(SC(=O)c1ccccc1)C(C)=O)C(=O)O. The van der Waals surface area contributed by atoms with Crippen LogP contribution in [0.5, 0.6) is 0 Å². The summed E-state index contributed by atoms with van der Waals surface area (Å²) < 4.78 is 1.05. The van der Waals surface area contributed by atoms with E-state index in [4.69, 9.17) is 5.11 Å². The van der Waals surface area contributed by atoms with Crippen molar-refractivity contribution >= 4 is 51.7 Å². The van der Waals surface area contributed by atoms with Crippen LogP contribution in [0.2, 0.25) is 0 Å². The Morgan fingerprint density at radius 3 is 2.19 bits per heavy atom. The molecule has 0 aliphatic rings. The summed E-state index contributed by atoms with van der Waals surface area (Å²) in [5.41, 5.74) is 0.387. The zero-order chi connectivity index (χ0) is 20.6. The van der Waals surface area contributed by atoms with E-state index in [0.29, 0.717) is 29.3 Å². The van der Waals surface area contributed by atoms with Crippen molar-refractivity contribution < 1.29 is 29.1 Å². The van der Waals surface area contributed by atoms with Gasteiger partial charge in [-0.2, -0.15) is 0 Å². The number of amides is 2. The topological polar surface area (TPSA) is 121 Å². The van der Waals surface area contributed by atoms with Crippen LogP contribution in [0.3, 0.4) is 0 Å². The van der Waals surface area contributed by atoms with Crippen LogP contribution >= 0.6 is 23.7 Å². The van der Waals surface area contributed by atoms with Gasteiger partial charge in [-0.1, -0.05) is 42.1 Å². The number of hydrogen-bond donors (Lipinski definition) is 2. The average molecular weight is 412 g/mol. The van der Waals surface area contributed by atoms with E-state index in [-0.39, 0.29) is 5.75 Å². The highest BCUT2D eigenvalue weighted by Crippen LogP contribution is 2.23. The Bertz CT molecular complexity index is 725. The smallest absolute Gasteiger partial charge is 0.327 e. The van der Waals surface area contributed by atoms with Crippen LogP contribution in [-0.4, -0.2) is 55.3 Å². The number of hydrogen-bond acceptors (Lipinski definition) is 7. The Labute approximate surface area is 165 Å². The normalized spacial score (nSPS) is 12.6. The standard InChI is InChI=1S/C17H20N2O6S2/c1-10(16(24)26-9-14(15(22)23)18-11(2)20)19(12(3)21)27-17(25)13-7-5-4-6-8-13/h4-8,10,14H,9H2,1-3H3,(H,18,20)(H,22,23)/t10-,14-/m0/s1. The molecule has 0 aromatic heterocycles. The van der Waals surface area contributed by atoms with E-state index in [0.717, 1.165) is 4.31 Å². The minimum absolute atomic E-state index is 0.193. The molecule has 8 nitrogen and oxygen atoms in total. The zero-order valence-corrected chi connectivity index (χ0v) is 16.6. The summed E-state index contributed by atoms with van der Waals surface area (Å²) >= 11 is 1.30. The number of aliphatic carboxylic acids is 1. The molecule has 146 valence electrons. The van der Waals surface area contributed by atoms with Crippen molar-refractivity contribution in [2.45, 2.75) is 32.9 Å². The molecule has 0 bridgehead atoms. The van der Waals surface area contributed by atoms with Gasteiger partial charge in [0.1, 0.15) is 12.1 Å². The van der Waals surface area contributed by atoms with Crippen LogP contribution in [0.1, 0.15) is 31.1 Å². The number of nitrogens with zero attached hydrogens (tertiary/aromatic N) is 1. The summed E-state index contributed by atoms with van der Waals surface area (Å²) in [5, 5.41) is 10.4. The molecule has 0 heterocycles. The molecule has 0 spiro atoms. The fourth-order valence-corrected chi connectivity index (χ4v) is 3.71. The monoisotopic (exact) mass is 412 g/mol. The van der Waals surface area contributed by atoms with Crippen LogP contribution in [-0.2, 0) is 19.2 Å². The summed E-state index contributed by atoms with van der Waals surface area (Å²) in [7, 11) is 0. The number of benzene rings is 1. The van der Waals surface area contributed by atoms with E-state index >= 15 is 0 Å². The predicted molar refractivity (Wildman–Crippen MR) is 103 cm³/mol. The van der Waals surface area contributed by atoms with Gasteiger partial charge in [-0.25, -0.2) is 4.79 Å². The van der Waals surface area contributed by atoms with E-state index in [1.165, 1.54) is 20.8 Å². The average Bonchev–Trinajstić information content (AvgIpc) is 2.62. The molecule has 0 aliphatic carbocycles. The van der Waals surface area contributed by atoms with Crippen molar-refractivity contribution in [3.63, 3.8) is 0 Å². The molecular weight excluding hydrogens is 392 g/mol. The lowest BCUT2D eigenvalue weighted by molar-refractivity contribution is -0.140. The molecule has 10 heteroatoms. The summed E-state index contributed by atoms with van der Waals surface area (Å²) in [6.07, 6.45) is 0. The molecule has 0 fully saturated rings. The van der Waals surface area contributed by atoms with Gasteiger partial charge in [-0.3, -0.25) is 23.5 Å². The third-order valence-corrected chi connectivity index (χ3v) is 5.56. The van der Waals surface area contributed by atoms with E-state index in [2.05, 4.69) is 5.32 Å². The van der Waals surface area contributed by atoms with Gasteiger partial charge in [0.15, 0.2) is 0 Å². The fourth-order valence-electron chi connectivity index (χ4n) is 1.93. The number of carboxylic acid groups (broad SMARTS) is 1. The highest BCUT2D eigenvalue weighted by molar-refractivity contribution is 8.14. The van der Waals surface area contributed by atoms with E-state index in [9.17, 15) is 24.0 Å². The zero-order valence-electron chi connectivity index (χ0n) is 15.0. The second kappa shape index (κ2) is 10.7. The van der Waals surface area contributed by atoms with Crippen LogP contribution in [0, 0.1) is 0 Å². The maximum atomic E-state index is 12.4. The number of carbonyl (C=O) groups excluding carboxylic acids is 4. The molecule has 0 unspecified atom stereocenters. The Morgan fingerprint density at radius 1 is 1.11 bits per heavy atom. The second-order valence-electron chi connectivity index (χ2n) is 5.49. The summed E-state index contributed by atoms with van der Waals surface area (Å²) in [5.74, 6) is -2.48. The number of rotatable bonds is 7. The van der Waals surface area contributed by atoms with Crippen molar-refractivity contribution in [3.05, 3.63) is 35.9 Å². The first kappa shape index (κ1) is 22.7. The maximum absolute atomic E-state index is 12.4. The highest BCUT2D eigenvalue weighted by atomic mass is 32.2. The third-order valence-electron chi connectivity index (χ3n) is 3.26. The molecule has 0 saturated carbocycles. The molecule has 0 aliphatic heterocycles. The quantitative estimate of drug-likeness (QED) is 0.647. The lowest BCUT2D eigenvalue weighted by Crippen LogP contribution is -2.43. The first-order valence-electron chi connectivity index (χ1n) is 7.87. The van der Waals surface area contributed by atoms with Gasteiger partial charge >= 0.3 is 5.97 Å². The molecule has 27 heavy (non-hydrogen) atoms. The Morgan fingerprint density at radius 2 is 1.70 bits per heavy atom. The van der Waals surface area contributed by atoms with Crippen LogP contribution in [0.4, 0.5) is 0 Å². The first-order valence-corrected chi connectivity index (χ1v) is 9.63. The van der Waals surface area contributed by atoms with Gasteiger partial charge in [0.2, 0.25) is 22.0 Å². The van der Waals surface area contributed by atoms with E-state index < -0.39 is 40.1 Å². The summed E-state index contributed by atoms with van der Waals surface area (Å²) in [6, 6.07) is 6.12. The van der Waals surface area contributed by atoms with Crippen molar-refractivity contribution in [1.82, 2.24) is 9.62 Å². The molecule has 2 N–H and O–H groups in total. The molecule has 2 amide bonds. The summed E-state index contributed by atoms with van der Waals surface area (Å²) in [6.45, 7) is 3.86. The van der Waals surface area contributed by atoms with Gasteiger partial charge in [0.25, 0.3) is 0 Å². The number of carboxylic acids is 1. The van der Waals surface area contributed by atoms with E-state index in [1.54, 1.807) is 30.3 Å². The fraction of sp³-hybridized carbons (Fsp3) is 0.353. The molecule has 2 atom stereocenters. The molecule has 1 rings (SSSR count). The highest BCUT2D eigenvalue weighted by Gasteiger charge is 2.29. The first-order chi connectivity index (χ1) is 12.6. The maximum Gasteiger partial charge on any atom is 0.327 e. The summed E-state index contributed by atoms with van der Waals surface area (Å²) in [4.78, 5) is 58.7. The predicted octanol–water partition coefficient (Wildman–Crippen LogP) is 1.56. The van der Waals surface area contributed by atoms with Gasteiger partial charge in [0.05, 0.1) is 0 Å². The number of nitrogens with one attached hydrogen (secondary N) is 1. The van der Waals surface area contributed by atoms with Crippen molar-refractivity contribution in [3.8, 4) is 0 Å². The van der Waals surface area contributed by atoms with Gasteiger partial charge in [-0.05, 0) is 6.92 Å². The number of carbonyl (C=O) groups is 5. The Balaban J connectivity index is 2.76. The van der Waals surface area contributed by atoms with Crippen LogP contribution in [0.15, 0.2) is 30.3 Å². The van der Waals surface area contributed by atoms with Crippen molar-refractivity contribution in [2.75, 3.05) is 5.75 Å². The Hall–Kier alpha value is -2.33. The molecule has 1 aromatic carbocycles. The molecule has 0 saturated heterocycles. The minimum atomic E-state index is -1.27. The van der Waals surface area contributed by atoms with Crippen molar-refractivity contribution in [2.24, 2.45) is 0 Å². The second-order valence-corrected chi connectivity index (χ2v) is 7.46. The Kier molecular flexibility index (Phi) is 9.03.